The summed E-state index contributed by atoms with van der Waals surface area (Å²) in [5.74, 6) is 5.68. The Balaban J connectivity index is 2.01. The van der Waals surface area contributed by atoms with Crippen molar-refractivity contribution in [3.63, 3.8) is 0 Å². The topological polar surface area (TPSA) is 84.4 Å². The van der Waals surface area contributed by atoms with Crippen LogP contribution in [0.5, 0.6) is 0 Å². The van der Waals surface area contributed by atoms with Crippen molar-refractivity contribution in [2.45, 2.75) is 20.0 Å². The summed E-state index contributed by atoms with van der Waals surface area (Å²) in [5, 5.41) is 2.01. The molecule has 0 aliphatic rings. The van der Waals surface area contributed by atoms with E-state index in [2.05, 4.69) is 15.3 Å². The largest absolute Gasteiger partial charge is 0.454 e. The summed E-state index contributed by atoms with van der Waals surface area (Å²) >= 11 is 1.57. The fraction of sp³-hybridized carbons (Fsp3) is 0.333. The minimum atomic E-state index is -0.411. The highest BCUT2D eigenvalue weighted by atomic mass is 32.1. The van der Waals surface area contributed by atoms with Crippen LogP contribution >= 0.6 is 11.3 Å². The number of nitrogen functional groups attached to an aromatic ring is 1. The molecule has 0 aliphatic carbocycles. The summed E-state index contributed by atoms with van der Waals surface area (Å²) < 4.78 is 5.51. The number of carbonyl (C=O) groups excluding carboxylic acids is 1. The van der Waals surface area contributed by atoms with Gasteiger partial charge in [-0.05, 0) is 20.0 Å². The molecule has 2 rings (SSSR count). The highest BCUT2D eigenvalue weighted by Crippen LogP contribution is 2.16. The van der Waals surface area contributed by atoms with E-state index in [9.17, 15) is 4.79 Å². The lowest BCUT2D eigenvalue weighted by molar-refractivity contribution is 0.0921. The normalized spacial score (nSPS) is 10.9. The zero-order valence-corrected chi connectivity index (χ0v) is 11.7. The van der Waals surface area contributed by atoms with Gasteiger partial charge in [0.2, 0.25) is 0 Å². The van der Waals surface area contributed by atoms with Crippen molar-refractivity contribution in [2.24, 2.45) is 5.84 Å². The van der Waals surface area contributed by atoms with Gasteiger partial charge in [0.15, 0.2) is 5.76 Å². The Kier molecular flexibility index (Phi) is 4.31. The number of furan rings is 1. The minimum Gasteiger partial charge on any atom is -0.454 e. The Morgan fingerprint density at radius 1 is 1.58 bits per heavy atom. The zero-order chi connectivity index (χ0) is 13.8. The molecule has 0 aliphatic heterocycles. The molecule has 0 fully saturated rings. The molecule has 2 aromatic rings. The molecule has 102 valence electrons. The molecule has 0 saturated heterocycles. The average Bonchev–Trinajstić information content (AvgIpc) is 2.98. The lowest BCUT2D eigenvalue weighted by Gasteiger charge is -2.13. The summed E-state index contributed by atoms with van der Waals surface area (Å²) in [6, 6.07) is 1.85. The van der Waals surface area contributed by atoms with E-state index in [0.717, 1.165) is 23.6 Å². The lowest BCUT2D eigenvalue weighted by atomic mass is 10.2. The molecule has 0 aromatic carbocycles. The maximum atomic E-state index is 11.4. The summed E-state index contributed by atoms with van der Waals surface area (Å²) in [6.45, 7) is 3.16. The predicted octanol–water partition coefficient (Wildman–Crippen LogP) is 1.28. The molecule has 2 aromatic heterocycles. The molecule has 0 bridgehead atoms. The number of rotatable bonds is 5. The van der Waals surface area contributed by atoms with Gasteiger partial charge in [-0.25, -0.2) is 10.8 Å². The van der Waals surface area contributed by atoms with E-state index in [-0.39, 0.29) is 5.76 Å². The first-order valence-electron chi connectivity index (χ1n) is 5.76. The summed E-state index contributed by atoms with van der Waals surface area (Å²) in [4.78, 5) is 17.7. The lowest BCUT2D eigenvalue weighted by Crippen LogP contribution is -2.30. The van der Waals surface area contributed by atoms with Crippen molar-refractivity contribution in [3.8, 4) is 0 Å². The molecule has 7 heteroatoms. The van der Waals surface area contributed by atoms with Gasteiger partial charge in [0.1, 0.15) is 5.76 Å². The van der Waals surface area contributed by atoms with Gasteiger partial charge in [-0.15, -0.1) is 11.3 Å². The highest BCUT2D eigenvalue weighted by Gasteiger charge is 2.15. The van der Waals surface area contributed by atoms with Crippen molar-refractivity contribution >= 4 is 17.2 Å². The van der Waals surface area contributed by atoms with Crippen LogP contribution in [0.4, 0.5) is 0 Å². The molecule has 0 spiro atoms. The van der Waals surface area contributed by atoms with Gasteiger partial charge in [-0.2, -0.15) is 0 Å². The number of nitrogens with zero attached hydrogens (tertiary/aromatic N) is 2. The van der Waals surface area contributed by atoms with Gasteiger partial charge in [0.25, 0.3) is 0 Å². The van der Waals surface area contributed by atoms with Crippen LogP contribution in [0.2, 0.25) is 0 Å². The number of aryl methyl sites for hydroxylation is 1. The summed E-state index contributed by atoms with van der Waals surface area (Å²) in [5.41, 5.74) is 5.68. The Morgan fingerprint density at radius 2 is 2.37 bits per heavy atom. The van der Waals surface area contributed by atoms with E-state index < -0.39 is 5.91 Å². The van der Waals surface area contributed by atoms with Gasteiger partial charge in [0.05, 0.1) is 17.7 Å². The Bertz CT molecular complexity index is 550. The van der Waals surface area contributed by atoms with Crippen LogP contribution < -0.4 is 11.3 Å². The standard InChI is InChI=1S/C12H16N4O2S/c1-8-3-10(18-11(8)12(17)15-13)5-16(2)4-9-6-19-7-14-9/h3,6-7H,4-5,13H2,1-2H3,(H,15,17). The van der Waals surface area contributed by atoms with Gasteiger partial charge in [-0.3, -0.25) is 15.1 Å². The quantitative estimate of drug-likeness (QED) is 0.489. The van der Waals surface area contributed by atoms with Gasteiger partial charge < -0.3 is 4.42 Å². The molecule has 3 N–H and O–H groups in total. The molecule has 0 atom stereocenters. The fourth-order valence-electron chi connectivity index (χ4n) is 1.83. The van der Waals surface area contributed by atoms with E-state index >= 15 is 0 Å². The number of carbonyl (C=O) groups is 1. The van der Waals surface area contributed by atoms with E-state index in [1.165, 1.54) is 0 Å². The number of hydrazine groups is 1. The maximum absolute atomic E-state index is 11.4. The van der Waals surface area contributed by atoms with Gasteiger partial charge in [0, 0.05) is 17.5 Å². The third kappa shape index (κ3) is 3.40. The summed E-state index contributed by atoms with van der Waals surface area (Å²) in [6.07, 6.45) is 0. The van der Waals surface area contributed by atoms with Crippen molar-refractivity contribution in [3.05, 3.63) is 39.7 Å². The first-order chi connectivity index (χ1) is 9.10. The molecular weight excluding hydrogens is 264 g/mol. The van der Waals surface area contributed by atoms with E-state index in [1.807, 2.05) is 30.9 Å². The van der Waals surface area contributed by atoms with Crippen LogP contribution in [0.25, 0.3) is 0 Å². The smallest absolute Gasteiger partial charge is 0.301 e. The molecule has 1 amide bonds. The third-order valence-corrected chi connectivity index (χ3v) is 3.28. The Hall–Kier alpha value is -1.70. The number of nitrogens with two attached hydrogens (primary N) is 1. The number of amides is 1. The molecule has 0 saturated carbocycles. The number of hydrogen-bond acceptors (Lipinski definition) is 6. The van der Waals surface area contributed by atoms with Crippen LogP contribution in [-0.4, -0.2) is 22.8 Å². The van der Waals surface area contributed by atoms with Crippen LogP contribution in [0.15, 0.2) is 21.4 Å². The third-order valence-electron chi connectivity index (χ3n) is 2.65. The number of thiazole rings is 1. The molecule has 0 radical (unpaired) electrons. The molecule has 19 heavy (non-hydrogen) atoms. The van der Waals surface area contributed by atoms with E-state index in [0.29, 0.717) is 6.54 Å². The minimum absolute atomic E-state index is 0.263. The SMILES string of the molecule is Cc1cc(CN(C)Cc2cscn2)oc1C(=O)NN. The van der Waals surface area contributed by atoms with Crippen LogP contribution in [0.3, 0.4) is 0 Å². The van der Waals surface area contributed by atoms with E-state index in [4.69, 9.17) is 10.3 Å². The maximum Gasteiger partial charge on any atom is 0.301 e. The van der Waals surface area contributed by atoms with Crippen LogP contribution in [-0.2, 0) is 13.1 Å². The molecule has 2 heterocycles. The Morgan fingerprint density at radius 3 is 3.00 bits per heavy atom. The Labute approximate surface area is 115 Å². The molecular formula is C12H16N4O2S. The van der Waals surface area contributed by atoms with Crippen molar-refractivity contribution < 1.29 is 9.21 Å². The highest BCUT2D eigenvalue weighted by molar-refractivity contribution is 7.07. The van der Waals surface area contributed by atoms with Gasteiger partial charge in [-0.1, -0.05) is 0 Å². The van der Waals surface area contributed by atoms with Gasteiger partial charge >= 0.3 is 5.91 Å². The van der Waals surface area contributed by atoms with Crippen molar-refractivity contribution in [2.75, 3.05) is 7.05 Å². The number of hydrogen-bond donors (Lipinski definition) is 2. The second-order valence-corrected chi connectivity index (χ2v) is 5.07. The number of aromatic nitrogens is 1. The first kappa shape index (κ1) is 13.7. The second kappa shape index (κ2) is 5.96. The molecule has 6 nitrogen and oxygen atoms in total. The monoisotopic (exact) mass is 280 g/mol. The summed E-state index contributed by atoms with van der Waals surface area (Å²) in [7, 11) is 1.97. The number of nitrogens with one attached hydrogen (secondary N) is 1. The molecule has 0 unspecified atom stereocenters. The zero-order valence-electron chi connectivity index (χ0n) is 10.8. The van der Waals surface area contributed by atoms with Crippen LogP contribution in [0, 0.1) is 6.92 Å². The predicted molar refractivity (Wildman–Crippen MR) is 72.4 cm³/mol. The second-order valence-electron chi connectivity index (χ2n) is 4.35. The average molecular weight is 280 g/mol. The van der Waals surface area contributed by atoms with Crippen molar-refractivity contribution in [1.29, 1.82) is 0 Å². The fourth-order valence-corrected chi connectivity index (χ4v) is 2.38. The van der Waals surface area contributed by atoms with Crippen molar-refractivity contribution in [1.82, 2.24) is 15.3 Å². The van der Waals surface area contributed by atoms with Crippen LogP contribution in [0.1, 0.15) is 27.6 Å². The first-order valence-corrected chi connectivity index (χ1v) is 6.70. The van der Waals surface area contributed by atoms with E-state index in [1.54, 1.807) is 11.3 Å².